The summed E-state index contributed by atoms with van der Waals surface area (Å²) in [5, 5.41) is 19.1. The molecular weight excluding hydrogens is 434 g/mol. The molecule has 0 spiro atoms. The van der Waals surface area contributed by atoms with E-state index >= 15 is 0 Å². The summed E-state index contributed by atoms with van der Waals surface area (Å²) in [5.74, 6) is -0.342. The second kappa shape index (κ2) is 8.43. The second-order valence-electron chi connectivity index (χ2n) is 9.02. The summed E-state index contributed by atoms with van der Waals surface area (Å²) in [6.45, 7) is 8.60. The molecule has 1 saturated heterocycles. The molecule has 0 radical (unpaired) electrons. The Morgan fingerprint density at radius 1 is 1.31 bits per heavy atom. The van der Waals surface area contributed by atoms with Crippen molar-refractivity contribution >= 4 is 29.5 Å². The molecule has 4 rings (SSSR count). The minimum absolute atomic E-state index is 0.000247. The van der Waals surface area contributed by atoms with Crippen molar-refractivity contribution in [2.24, 2.45) is 0 Å². The highest BCUT2D eigenvalue weighted by molar-refractivity contribution is 8.00. The quantitative estimate of drug-likeness (QED) is 0.620. The lowest BCUT2D eigenvalue weighted by Gasteiger charge is -2.36. The van der Waals surface area contributed by atoms with Crippen molar-refractivity contribution in [1.82, 2.24) is 19.6 Å². The highest BCUT2D eigenvalue weighted by Gasteiger charge is 2.37. The van der Waals surface area contributed by atoms with Crippen molar-refractivity contribution < 1.29 is 19.4 Å². The lowest BCUT2D eigenvalue weighted by molar-refractivity contribution is -0.137. The second-order valence-corrected chi connectivity index (χ2v) is 10.1. The Morgan fingerprint density at radius 3 is 2.75 bits per heavy atom. The molecule has 2 aliphatic heterocycles. The predicted molar refractivity (Wildman–Crippen MR) is 120 cm³/mol. The Bertz CT molecular complexity index is 1110. The number of nitrogens with zero attached hydrogens (tertiary/aromatic N) is 3. The molecule has 0 unspecified atom stereocenters. The molecule has 4 heterocycles. The van der Waals surface area contributed by atoms with Gasteiger partial charge in [0.25, 0.3) is 5.56 Å². The van der Waals surface area contributed by atoms with Gasteiger partial charge in [0.2, 0.25) is 5.91 Å². The number of thioether (sulfide) groups is 1. The Hall–Kier alpha value is -2.53. The molecule has 3 N–H and O–H groups in total. The number of aromatic nitrogens is 4. The molecule has 0 aliphatic carbocycles. The van der Waals surface area contributed by atoms with Crippen LogP contribution < -0.4 is 10.9 Å². The van der Waals surface area contributed by atoms with Crippen molar-refractivity contribution in [2.75, 3.05) is 17.7 Å². The van der Waals surface area contributed by atoms with Crippen LogP contribution in [-0.4, -0.2) is 54.5 Å². The largest absolute Gasteiger partial charge is 0.481 e. The summed E-state index contributed by atoms with van der Waals surface area (Å²) in [6, 6.07) is -0.000247. The third-order valence-electron chi connectivity index (χ3n) is 6.14. The number of nitrogens with one attached hydrogen (secondary N) is 2. The van der Waals surface area contributed by atoms with E-state index in [-0.39, 0.29) is 47.1 Å². The van der Waals surface area contributed by atoms with Gasteiger partial charge in [0.15, 0.2) is 0 Å². The van der Waals surface area contributed by atoms with Gasteiger partial charge < -0.3 is 15.2 Å². The molecule has 2 aliphatic rings. The van der Waals surface area contributed by atoms with Crippen LogP contribution in [0.5, 0.6) is 0 Å². The zero-order chi connectivity index (χ0) is 23.2. The summed E-state index contributed by atoms with van der Waals surface area (Å²) >= 11 is 1.39. The van der Waals surface area contributed by atoms with Gasteiger partial charge in [0.1, 0.15) is 5.82 Å². The predicted octanol–water partition coefficient (Wildman–Crippen LogP) is 2.37. The van der Waals surface area contributed by atoms with Gasteiger partial charge in [-0.3, -0.25) is 28.8 Å². The average Bonchev–Trinajstić information content (AvgIpc) is 3.09. The molecule has 10 nitrogen and oxygen atoms in total. The fraction of sp³-hybridized carbons (Fsp3) is 0.619. The van der Waals surface area contributed by atoms with Crippen LogP contribution in [0, 0.1) is 13.8 Å². The summed E-state index contributed by atoms with van der Waals surface area (Å²) in [7, 11) is 0. The summed E-state index contributed by atoms with van der Waals surface area (Å²) in [4.78, 5) is 36.8. The number of aliphatic carboxylic acids is 1. The number of carbonyl (C=O) groups is 2. The van der Waals surface area contributed by atoms with Gasteiger partial charge in [0, 0.05) is 17.9 Å². The molecule has 2 aromatic rings. The van der Waals surface area contributed by atoms with Crippen LogP contribution in [0.25, 0.3) is 0 Å². The number of anilines is 1. The van der Waals surface area contributed by atoms with Gasteiger partial charge in [0.05, 0.1) is 46.9 Å². The van der Waals surface area contributed by atoms with Crippen molar-refractivity contribution in [3.63, 3.8) is 0 Å². The SMILES string of the molecule is Cc1nn(CCC(=O)O)c(C)c1[C@@H]1SCC(=O)Nc2c1c(=O)[nH]n2[C@H]1CCOC(C)(C)C1. The van der Waals surface area contributed by atoms with Crippen molar-refractivity contribution in [2.45, 2.75) is 70.4 Å². The monoisotopic (exact) mass is 463 g/mol. The average molecular weight is 464 g/mol. The van der Waals surface area contributed by atoms with Gasteiger partial charge in [-0.25, -0.2) is 0 Å². The van der Waals surface area contributed by atoms with Crippen molar-refractivity contribution in [3.8, 4) is 0 Å². The third kappa shape index (κ3) is 4.23. The number of ether oxygens (including phenoxy) is 1. The number of aryl methyl sites for hydroxylation is 2. The topological polar surface area (TPSA) is 131 Å². The van der Waals surface area contributed by atoms with Crippen LogP contribution in [0.3, 0.4) is 0 Å². The fourth-order valence-electron chi connectivity index (χ4n) is 4.68. The van der Waals surface area contributed by atoms with Crippen LogP contribution in [0.2, 0.25) is 0 Å². The number of carboxylic acid groups (broad SMARTS) is 1. The van der Waals surface area contributed by atoms with Crippen LogP contribution in [-0.2, 0) is 20.9 Å². The minimum Gasteiger partial charge on any atom is -0.481 e. The molecule has 2 aromatic heterocycles. The highest BCUT2D eigenvalue weighted by atomic mass is 32.2. The van der Waals surface area contributed by atoms with Gasteiger partial charge in [-0.05, 0) is 40.5 Å². The third-order valence-corrected chi connectivity index (χ3v) is 7.37. The lowest BCUT2D eigenvalue weighted by Crippen LogP contribution is -2.36. The molecule has 0 bridgehead atoms. The standard InChI is InChI=1S/C21H29N5O5S/c1-11-16(12(2)25(23-11)7-5-15(28)29)18-17-19(22-14(27)10-32-18)26(24-20(17)30)13-6-8-31-21(3,4)9-13/h13,18H,5-10H2,1-4H3,(H,22,27)(H,24,30)(H,28,29)/t13-,18-/m0/s1. The molecular formula is C21H29N5O5S. The molecule has 0 saturated carbocycles. The highest BCUT2D eigenvalue weighted by Crippen LogP contribution is 2.44. The Balaban J connectivity index is 1.78. The van der Waals surface area contributed by atoms with E-state index in [2.05, 4.69) is 15.5 Å². The first-order valence-corrected chi connectivity index (χ1v) is 11.8. The Labute approximate surface area is 189 Å². The number of rotatable bonds is 5. The van der Waals surface area contributed by atoms with Gasteiger partial charge in [-0.2, -0.15) is 5.10 Å². The summed E-state index contributed by atoms with van der Waals surface area (Å²) in [6.07, 6.45) is 1.41. The van der Waals surface area contributed by atoms with E-state index in [9.17, 15) is 14.4 Å². The van der Waals surface area contributed by atoms with E-state index in [4.69, 9.17) is 9.84 Å². The molecule has 1 amide bonds. The molecule has 1 fully saturated rings. The minimum atomic E-state index is -0.895. The normalized spacial score (nSPS) is 22.8. The maximum Gasteiger partial charge on any atom is 0.305 e. The zero-order valence-corrected chi connectivity index (χ0v) is 19.5. The van der Waals surface area contributed by atoms with Crippen molar-refractivity contribution in [3.05, 3.63) is 32.9 Å². The first-order chi connectivity index (χ1) is 15.1. The number of hydrogen-bond donors (Lipinski definition) is 3. The molecule has 0 aromatic carbocycles. The Kier molecular flexibility index (Phi) is 5.97. The molecule has 11 heteroatoms. The van der Waals surface area contributed by atoms with Crippen LogP contribution in [0.1, 0.15) is 66.9 Å². The molecule has 32 heavy (non-hydrogen) atoms. The fourth-order valence-corrected chi connectivity index (χ4v) is 5.96. The van der Waals surface area contributed by atoms with Gasteiger partial charge in [-0.1, -0.05) is 0 Å². The van der Waals surface area contributed by atoms with Gasteiger partial charge in [-0.15, -0.1) is 11.8 Å². The lowest BCUT2D eigenvalue weighted by atomic mass is 9.94. The maximum absolute atomic E-state index is 13.2. The van der Waals surface area contributed by atoms with Gasteiger partial charge >= 0.3 is 5.97 Å². The van der Waals surface area contributed by atoms with Crippen LogP contribution in [0.15, 0.2) is 4.79 Å². The van der Waals surface area contributed by atoms with E-state index in [0.29, 0.717) is 24.4 Å². The van der Waals surface area contributed by atoms with Crippen LogP contribution >= 0.6 is 11.8 Å². The first-order valence-electron chi connectivity index (χ1n) is 10.7. The number of hydrogen-bond acceptors (Lipinski definition) is 6. The zero-order valence-electron chi connectivity index (χ0n) is 18.7. The van der Waals surface area contributed by atoms with E-state index < -0.39 is 5.97 Å². The number of carbonyl (C=O) groups excluding carboxylic acids is 1. The number of carboxylic acids is 1. The summed E-state index contributed by atoms with van der Waals surface area (Å²) < 4.78 is 9.30. The number of H-pyrrole nitrogens is 1. The van der Waals surface area contributed by atoms with E-state index in [1.165, 1.54) is 11.8 Å². The van der Waals surface area contributed by atoms with Crippen LogP contribution in [0.4, 0.5) is 5.82 Å². The first kappa shape index (κ1) is 22.7. The smallest absolute Gasteiger partial charge is 0.305 e. The Morgan fingerprint density at radius 2 is 2.06 bits per heavy atom. The summed E-state index contributed by atoms with van der Waals surface area (Å²) in [5.41, 5.74) is 2.34. The van der Waals surface area contributed by atoms with E-state index in [1.807, 2.05) is 27.7 Å². The molecule has 2 atom stereocenters. The van der Waals surface area contributed by atoms with E-state index in [1.54, 1.807) is 9.36 Å². The number of fused-ring (bicyclic) bond motifs is 1. The van der Waals surface area contributed by atoms with E-state index in [0.717, 1.165) is 23.4 Å². The molecule has 174 valence electrons. The number of aromatic amines is 1. The van der Waals surface area contributed by atoms with Crippen molar-refractivity contribution in [1.29, 1.82) is 0 Å². The maximum atomic E-state index is 13.2. The number of amides is 1.